The van der Waals surface area contributed by atoms with Crippen LogP contribution in [-0.2, 0) is 6.42 Å². The molecule has 5 nitrogen and oxygen atoms in total. The number of aromatic nitrogens is 1. The number of hydrogen-bond acceptors (Lipinski definition) is 4. The van der Waals surface area contributed by atoms with Crippen molar-refractivity contribution in [2.75, 3.05) is 26.2 Å². The van der Waals surface area contributed by atoms with Crippen molar-refractivity contribution < 1.29 is 15.3 Å². The van der Waals surface area contributed by atoms with Gasteiger partial charge in [-0.3, -0.25) is 9.78 Å². The van der Waals surface area contributed by atoms with Gasteiger partial charge in [0.25, 0.3) is 5.91 Å². The van der Waals surface area contributed by atoms with Gasteiger partial charge in [0.15, 0.2) is 0 Å². The molecule has 1 fully saturated rings. The van der Waals surface area contributed by atoms with Gasteiger partial charge in [-0.2, -0.15) is 0 Å². The molecule has 0 saturated carbocycles. The first kappa shape index (κ1) is 22.0. The Morgan fingerprint density at radius 2 is 1.66 bits per heavy atom. The first-order valence-electron chi connectivity index (χ1n) is 11.1. The van der Waals surface area contributed by atoms with Crippen LogP contribution in [0.5, 0.6) is 11.5 Å². The Morgan fingerprint density at radius 1 is 0.969 bits per heavy atom. The van der Waals surface area contributed by atoms with E-state index in [9.17, 15) is 9.18 Å². The maximum Gasteiger partial charge on any atom is 0.252 e. The van der Waals surface area contributed by atoms with Crippen LogP contribution < -0.4 is 10.1 Å². The van der Waals surface area contributed by atoms with E-state index in [2.05, 4.69) is 15.2 Å². The molecule has 168 valence electrons. The molecule has 1 amide bonds. The van der Waals surface area contributed by atoms with Crippen LogP contribution in [-0.4, -0.2) is 42.0 Å². The van der Waals surface area contributed by atoms with E-state index in [4.69, 9.17) is 4.74 Å². The van der Waals surface area contributed by atoms with Crippen molar-refractivity contribution in [2.24, 2.45) is 0 Å². The van der Waals surface area contributed by atoms with Crippen LogP contribution in [0.4, 0.5) is 4.39 Å². The normalized spacial score (nSPS) is 14.2. The molecule has 1 aliphatic rings. The molecule has 0 spiro atoms. The van der Waals surface area contributed by atoms with Gasteiger partial charge in [0.1, 0.15) is 17.3 Å². The Hall–Kier alpha value is -3.25. The van der Waals surface area contributed by atoms with Gasteiger partial charge in [0, 0.05) is 26.9 Å². The molecule has 6 heteroatoms. The molecule has 0 aliphatic carbocycles. The van der Waals surface area contributed by atoms with Gasteiger partial charge < -0.3 is 15.0 Å². The number of hydrogen-bond donors (Lipinski definition) is 1. The Labute approximate surface area is 189 Å². The number of nitrogens with zero attached hydrogens (tertiary/aromatic N) is 2. The standard InChI is InChI=1S/C26H28FN3O2.H2/c27-23-6-10-25(11-7-23)32-24-8-4-20(5-9-24)16-21-17-22(19-28-18-21)26(31)29-12-15-30-13-2-1-3-14-30;/h4-11,17-19H,1-3,12-16H2,(H,29,31);1H. The molecule has 4 rings (SSSR count). The van der Waals surface area contributed by atoms with Gasteiger partial charge in [-0.25, -0.2) is 4.39 Å². The third-order valence-electron chi connectivity index (χ3n) is 5.60. The summed E-state index contributed by atoms with van der Waals surface area (Å²) in [5.74, 6) is 0.890. The quantitative estimate of drug-likeness (QED) is 0.537. The zero-order valence-corrected chi connectivity index (χ0v) is 18.1. The fraction of sp³-hybridized carbons (Fsp3) is 0.308. The van der Waals surface area contributed by atoms with Crippen LogP contribution in [0, 0.1) is 5.82 Å². The van der Waals surface area contributed by atoms with E-state index >= 15 is 0 Å². The summed E-state index contributed by atoms with van der Waals surface area (Å²) in [7, 11) is 0. The minimum atomic E-state index is -0.292. The maximum atomic E-state index is 13.0. The Kier molecular flexibility index (Phi) is 7.46. The van der Waals surface area contributed by atoms with Crippen LogP contribution in [0.25, 0.3) is 0 Å². The number of carbonyl (C=O) groups is 1. The predicted octanol–water partition coefficient (Wildman–Crippen LogP) is 5.07. The minimum Gasteiger partial charge on any atom is -0.457 e. The lowest BCUT2D eigenvalue weighted by molar-refractivity contribution is 0.0946. The molecular weight excluding hydrogens is 405 g/mol. The molecule has 0 radical (unpaired) electrons. The highest BCUT2D eigenvalue weighted by Crippen LogP contribution is 2.22. The molecule has 32 heavy (non-hydrogen) atoms. The number of likely N-dealkylation sites (tertiary alicyclic amines) is 1. The Balaban J connectivity index is 0.00000306. The van der Waals surface area contributed by atoms with Crippen molar-refractivity contribution in [1.82, 2.24) is 15.2 Å². The highest BCUT2D eigenvalue weighted by Gasteiger charge is 2.11. The molecular formula is C26H30FN3O2. The average Bonchev–Trinajstić information content (AvgIpc) is 2.83. The van der Waals surface area contributed by atoms with Crippen LogP contribution in [0.1, 0.15) is 42.2 Å². The number of ether oxygens (including phenoxy) is 1. The second-order valence-corrected chi connectivity index (χ2v) is 8.12. The molecule has 1 saturated heterocycles. The smallest absolute Gasteiger partial charge is 0.252 e. The molecule has 1 aliphatic heterocycles. The largest absolute Gasteiger partial charge is 0.457 e. The lowest BCUT2D eigenvalue weighted by Gasteiger charge is -2.26. The average molecular weight is 436 g/mol. The van der Waals surface area contributed by atoms with E-state index in [0.717, 1.165) is 30.8 Å². The SMILES string of the molecule is O=C(NCCN1CCCCC1)c1cncc(Cc2ccc(Oc3ccc(F)cc3)cc2)c1.[HH]. The zero-order valence-electron chi connectivity index (χ0n) is 18.1. The van der Waals surface area contributed by atoms with Gasteiger partial charge in [-0.15, -0.1) is 0 Å². The minimum absolute atomic E-state index is 0. The highest BCUT2D eigenvalue weighted by atomic mass is 19.1. The third-order valence-corrected chi connectivity index (χ3v) is 5.60. The maximum absolute atomic E-state index is 13.0. The van der Waals surface area contributed by atoms with Crippen molar-refractivity contribution in [3.63, 3.8) is 0 Å². The summed E-state index contributed by atoms with van der Waals surface area (Å²) in [4.78, 5) is 19.2. The van der Waals surface area contributed by atoms with Crippen LogP contribution in [0.3, 0.4) is 0 Å². The molecule has 1 aromatic heterocycles. The van der Waals surface area contributed by atoms with E-state index in [0.29, 0.717) is 30.0 Å². The second-order valence-electron chi connectivity index (χ2n) is 8.12. The summed E-state index contributed by atoms with van der Waals surface area (Å²) in [6.07, 6.45) is 7.87. The lowest BCUT2D eigenvalue weighted by Crippen LogP contribution is -2.37. The topological polar surface area (TPSA) is 54.5 Å². The molecule has 0 unspecified atom stereocenters. The molecule has 3 aromatic rings. The number of pyridine rings is 1. The van der Waals surface area contributed by atoms with Crippen molar-refractivity contribution in [1.29, 1.82) is 0 Å². The van der Waals surface area contributed by atoms with Crippen LogP contribution in [0.2, 0.25) is 0 Å². The number of rotatable bonds is 8. The Morgan fingerprint density at radius 3 is 2.38 bits per heavy atom. The molecule has 2 heterocycles. The summed E-state index contributed by atoms with van der Waals surface area (Å²) in [5.41, 5.74) is 2.64. The van der Waals surface area contributed by atoms with Crippen molar-refractivity contribution in [3.8, 4) is 11.5 Å². The van der Waals surface area contributed by atoms with E-state index < -0.39 is 0 Å². The number of nitrogens with one attached hydrogen (secondary N) is 1. The van der Waals surface area contributed by atoms with E-state index in [1.54, 1.807) is 24.5 Å². The summed E-state index contributed by atoms with van der Waals surface area (Å²) in [6.45, 7) is 3.80. The van der Waals surface area contributed by atoms with Gasteiger partial charge in [0.05, 0.1) is 5.56 Å². The van der Waals surface area contributed by atoms with Gasteiger partial charge >= 0.3 is 0 Å². The Bertz CT molecular complexity index is 1020. The summed E-state index contributed by atoms with van der Waals surface area (Å²) < 4.78 is 18.7. The summed E-state index contributed by atoms with van der Waals surface area (Å²) in [6, 6.07) is 15.5. The first-order valence-corrected chi connectivity index (χ1v) is 11.1. The molecule has 0 bridgehead atoms. The van der Waals surface area contributed by atoms with Gasteiger partial charge in [0.2, 0.25) is 0 Å². The van der Waals surface area contributed by atoms with Gasteiger partial charge in [-0.05, 0) is 85.9 Å². The molecule has 1 N–H and O–H groups in total. The summed E-state index contributed by atoms with van der Waals surface area (Å²) >= 11 is 0. The van der Waals surface area contributed by atoms with Crippen LogP contribution in [0.15, 0.2) is 67.0 Å². The molecule has 2 aromatic carbocycles. The second kappa shape index (κ2) is 10.9. The number of halogens is 1. The number of piperidine rings is 1. The number of carbonyl (C=O) groups excluding carboxylic acids is 1. The van der Waals surface area contributed by atoms with E-state index in [1.165, 1.54) is 31.4 Å². The zero-order chi connectivity index (χ0) is 22.2. The van der Waals surface area contributed by atoms with Crippen molar-refractivity contribution in [3.05, 3.63) is 89.5 Å². The highest BCUT2D eigenvalue weighted by molar-refractivity contribution is 5.94. The number of amides is 1. The predicted molar refractivity (Wildman–Crippen MR) is 125 cm³/mol. The monoisotopic (exact) mass is 435 g/mol. The van der Waals surface area contributed by atoms with Crippen LogP contribution >= 0.6 is 0 Å². The summed E-state index contributed by atoms with van der Waals surface area (Å²) in [5, 5.41) is 3.01. The number of benzene rings is 2. The van der Waals surface area contributed by atoms with Crippen molar-refractivity contribution in [2.45, 2.75) is 25.7 Å². The first-order chi connectivity index (χ1) is 15.7. The van der Waals surface area contributed by atoms with E-state index in [-0.39, 0.29) is 13.2 Å². The lowest BCUT2D eigenvalue weighted by atomic mass is 10.0. The van der Waals surface area contributed by atoms with Gasteiger partial charge in [-0.1, -0.05) is 18.6 Å². The third kappa shape index (κ3) is 6.37. The van der Waals surface area contributed by atoms with E-state index in [1.807, 2.05) is 30.3 Å². The fourth-order valence-electron chi connectivity index (χ4n) is 3.87. The molecule has 0 atom stereocenters. The van der Waals surface area contributed by atoms with Crippen molar-refractivity contribution >= 4 is 5.91 Å². The fourth-order valence-corrected chi connectivity index (χ4v) is 3.87.